The smallest absolute Gasteiger partial charge is 0.211 e. The second kappa shape index (κ2) is 8.55. The van der Waals surface area contributed by atoms with Crippen LogP contribution >= 0.6 is 0 Å². The molecule has 0 amide bonds. The number of fused-ring (bicyclic) bond motifs is 3. The van der Waals surface area contributed by atoms with E-state index in [9.17, 15) is 0 Å². The van der Waals surface area contributed by atoms with Crippen LogP contribution in [0.15, 0.2) is 130 Å². The van der Waals surface area contributed by atoms with Crippen molar-refractivity contribution in [2.45, 2.75) is 32.4 Å². The van der Waals surface area contributed by atoms with Crippen molar-refractivity contribution in [1.82, 2.24) is 5.32 Å². The van der Waals surface area contributed by atoms with E-state index < -0.39 is 5.66 Å². The van der Waals surface area contributed by atoms with Gasteiger partial charge in [-0.25, -0.2) is 9.98 Å². The van der Waals surface area contributed by atoms with Crippen LogP contribution < -0.4 is 10.2 Å². The molecule has 1 aliphatic carbocycles. The lowest BCUT2D eigenvalue weighted by atomic mass is 10.0. The standard InChI is InChI=1S/C31H28N4/c1-22-17-18-23-20-25-13-9-10-16-28(25)35(27(19-22)21-23)30-32-29(24-11-5-3-6-12-24)33-31(2,34-30)26-14-7-4-8-15-26/h3-19H,20-21H2,1-2H3,(H,32,33,34). The summed E-state index contributed by atoms with van der Waals surface area (Å²) in [5.41, 5.74) is 7.64. The molecule has 2 heterocycles. The molecule has 0 aromatic heterocycles. The molecule has 1 atom stereocenters. The fourth-order valence-electron chi connectivity index (χ4n) is 5.03. The Morgan fingerprint density at radius 2 is 1.51 bits per heavy atom. The highest BCUT2D eigenvalue weighted by molar-refractivity contribution is 6.15. The van der Waals surface area contributed by atoms with E-state index in [0.29, 0.717) is 0 Å². The quantitative estimate of drug-likeness (QED) is 0.479. The molecule has 0 fully saturated rings. The summed E-state index contributed by atoms with van der Waals surface area (Å²) in [6.07, 6.45) is 8.58. The number of nitrogens with one attached hydrogen (secondary N) is 1. The molecule has 172 valence electrons. The molecule has 2 bridgehead atoms. The summed E-state index contributed by atoms with van der Waals surface area (Å²) in [7, 11) is 0. The van der Waals surface area contributed by atoms with Gasteiger partial charge in [0.1, 0.15) is 5.84 Å². The zero-order chi connectivity index (χ0) is 23.8. The molecule has 3 aromatic carbocycles. The van der Waals surface area contributed by atoms with E-state index >= 15 is 0 Å². The normalized spacial score (nSPS) is 21.2. The summed E-state index contributed by atoms with van der Waals surface area (Å²) in [6, 6.07) is 29.3. The Bertz CT molecular complexity index is 1430. The van der Waals surface area contributed by atoms with Gasteiger partial charge in [0, 0.05) is 23.2 Å². The van der Waals surface area contributed by atoms with Gasteiger partial charge < -0.3 is 5.32 Å². The van der Waals surface area contributed by atoms with Gasteiger partial charge in [-0.2, -0.15) is 0 Å². The largest absolute Gasteiger partial charge is 0.310 e. The molecular formula is C31H28N4. The molecule has 0 saturated heterocycles. The zero-order valence-electron chi connectivity index (χ0n) is 20.1. The van der Waals surface area contributed by atoms with Crippen molar-refractivity contribution in [3.63, 3.8) is 0 Å². The maximum atomic E-state index is 5.29. The first kappa shape index (κ1) is 21.4. The number of guanidine groups is 1. The highest BCUT2D eigenvalue weighted by atomic mass is 15.4. The number of aliphatic imine (C=N–C) groups is 2. The number of hydrogen-bond acceptors (Lipinski definition) is 4. The van der Waals surface area contributed by atoms with Crippen molar-refractivity contribution in [2.75, 3.05) is 4.90 Å². The lowest BCUT2D eigenvalue weighted by Crippen LogP contribution is -2.49. The predicted molar refractivity (Wildman–Crippen MR) is 145 cm³/mol. The fraction of sp³-hybridized carbons (Fsp3) is 0.161. The van der Waals surface area contributed by atoms with Gasteiger partial charge in [0.05, 0.1) is 5.69 Å². The van der Waals surface area contributed by atoms with Crippen molar-refractivity contribution in [3.8, 4) is 0 Å². The number of hydrogen-bond donors (Lipinski definition) is 1. The van der Waals surface area contributed by atoms with Crippen LogP contribution in [0.5, 0.6) is 0 Å². The van der Waals surface area contributed by atoms with Crippen molar-refractivity contribution in [3.05, 3.63) is 137 Å². The maximum Gasteiger partial charge on any atom is 0.211 e. The molecule has 3 aliphatic rings. The highest BCUT2D eigenvalue weighted by Gasteiger charge is 2.35. The second-order valence-corrected chi connectivity index (χ2v) is 9.46. The summed E-state index contributed by atoms with van der Waals surface area (Å²) >= 11 is 0. The van der Waals surface area contributed by atoms with Crippen LogP contribution in [0.4, 0.5) is 5.69 Å². The van der Waals surface area contributed by atoms with E-state index in [1.165, 1.54) is 22.4 Å². The Morgan fingerprint density at radius 1 is 0.800 bits per heavy atom. The van der Waals surface area contributed by atoms with E-state index in [1.54, 1.807) is 0 Å². The van der Waals surface area contributed by atoms with Crippen molar-refractivity contribution >= 4 is 17.5 Å². The molecule has 3 aromatic rings. The number of amidine groups is 1. The summed E-state index contributed by atoms with van der Waals surface area (Å²) in [4.78, 5) is 12.7. The topological polar surface area (TPSA) is 40.0 Å². The molecule has 1 unspecified atom stereocenters. The molecule has 4 heteroatoms. The lowest BCUT2D eigenvalue weighted by molar-refractivity contribution is 0.516. The summed E-state index contributed by atoms with van der Waals surface area (Å²) in [6.45, 7) is 4.25. The van der Waals surface area contributed by atoms with Crippen molar-refractivity contribution in [2.24, 2.45) is 9.98 Å². The van der Waals surface area contributed by atoms with Crippen LogP contribution in [0, 0.1) is 0 Å². The zero-order valence-corrected chi connectivity index (χ0v) is 20.1. The first-order valence-electron chi connectivity index (χ1n) is 12.1. The van der Waals surface area contributed by atoms with Crippen LogP contribution in [0.3, 0.4) is 0 Å². The Balaban J connectivity index is 1.56. The van der Waals surface area contributed by atoms with Gasteiger partial charge in [-0.3, -0.25) is 4.90 Å². The number of rotatable bonds is 2. The minimum atomic E-state index is -0.761. The Kier molecular flexibility index (Phi) is 5.22. The van der Waals surface area contributed by atoms with Crippen LogP contribution in [-0.4, -0.2) is 11.8 Å². The van der Waals surface area contributed by atoms with Gasteiger partial charge in [-0.1, -0.05) is 96.6 Å². The minimum absolute atomic E-state index is 0.761. The van der Waals surface area contributed by atoms with Crippen LogP contribution in [0.2, 0.25) is 0 Å². The van der Waals surface area contributed by atoms with Crippen molar-refractivity contribution in [1.29, 1.82) is 0 Å². The summed E-state index contributed by atoms with van der Waals surface area (Å²) in [5.74, 6) is 1.61. The third kappa shape index (κ3) is 4.01. The van der Waals surface area contributed by atoms with E-state index in [4.69, 9.17) is 9.98 Å². The van der Waals surface area contributed by atoms with Gasteiger partial charge in [0.25, 0.3) is 0 Å². The first-order chi connectivity index (χ1) is 17.1. The average molecular weight is 457 g/mol. The van der Waals surface area contributed by atoms with Gasteiger partial charge in [0.2, 0.25) is 5.96 Å². The number of nitrogens with zero attached hydrogens (tertiary/aromatic N) is 3. The third-order valence-corrected chi connectivity index (χ3v) is 6.78. The minimum Gasteiger partial charge on any atom is -0.310 e. The van der Waals surface area contributed by atoms with Gasteiger partial charge in [0.15, 0.2) is 5.66 Å². The summed E-state index contributed by atoms with van der Waals surface area (Å²) in [5, 5.41) is 3.62. The molecule has 6 rings (SSSR count). The summed E-state index contributed by atoms with van der Waals surface area (Å²) < 4.78 is 0. The van der Waals surface area contributed by atoms with E-state index in [2.05, 4.69) is 103 Å². The third-order valence-electron chi connectivity index (χ3n) is 6.78. The molecule has 2 aliphatic heterocycles. The van der Waals surface area contributed by atoms with E-state index in [1.807, 2.05) is 24.3 Å². The lowest BCUT2D eigenvalue weighted by Gasteiger charge is -2.36. The highest BCUT2D eigenvalue weighted by Crippen LogP contribution is 2.38. The number of allylic oxidation sites excluding steroid dienone is 5. The first-order valence-corrected chi connectivity index (χ1v) is 12.1. The molecule has 4 nitrogen and oxygen atoms in total. The van der Waals surface area contributed by atoms with Crippen LogP contribution in [0.25, 0.3) is 0 Å². The molecule has 0 spiro atoms. The average Bonchev–Trinajstić information content (AvgIpc) is 3.16. The van der Waals surface area contributed by atoms with Gasteiger partial charge >= 0.3 is 0 Å². The molecule has 1 N–H and O–H groups in total. The maximum absolute atomic E-state index is 5.29. The Labute approximate surface area is 206 Å². The molecule has 0 radical (unpaired) electrons. The molecule has 35 heavy (non-hydrogen) atoms. The van der Waals surface area contributed by atoms with Gasteiger partial charge in [-0.05, 0) is 43.5 Å². The molecular weight excluding hydrogens is 428 g/mol. The molecule has 0 saturated carbocycles. The number of para-hydroxylation sites is 1. The predicted octanol–water partition coefficient (Wildman–Crippen LogP) is 6.49. The number of benzene rings is 3. The second-order valence-electron chi connectivity index (χ2n) is 9.46. The van der Waals surface area contributed by atoms with Gasteiger partial charge in [-0.15, -0.1) is 0 Å². The van der Waals surface area contributed by atoms with Crippen LogP contribution in [-0.2, 0) is 12.1 Å². The monoisotopic (exact) mass is 456 g/mol. The van der Waals surface area contributed by atoms with Crippen LogP contribution in [0.1, 0.15) is 37.0 Å². The SMILES string of the molecule is CC1=CC=C2CC(=C1)N(C1=NC(C)(c3ccccc3)N=C(c3ccccc3)N1)c1ccccc1C2. The van der Waals surface area contributed by atoms with Crippen molar-refractivity contribution < 1.29 is 0 Å². The Hall–Kier alpha value is -4.18. The number of anilines is 1. The van der Waals surface area contributed by atoms with E-state index in [-0.39, 0.29) is 0 Å². The van der Waals surface area contributed by atoms with E-state index in [0.717, 1.165) is 41.5 Å². The fourth-order valence-corrected chi connectivity index (χ4v) is 5.03. The Morgan fingerprint density at radius 3 is 2.31 bits per heavy atom.